The molecule has 3 aromatic carbocycles. The van der Waals surface area contributed by atoms with Crippen molar-refractivity contribution < 1.29 is 4.79 Å². The van der Waals surface area contributed by atoms with Gasteiger partial charge in [0.2, 0.25) is 0 Å². The second-order valence-corrected chi connectivity index (χ2v) is 11.1. The first kappa shape index (κ1) is 26.3. The molecule has 0 radical (unpaired) electrons. The number of aromatic nitrogens is 2. The monoisotopic (exact) mass is 591 g/mol. The van der Waals surface area contributed by atoms with Gasteiger partial charge in [-0.1, -0.05) is 52.0 Å². The number of hydrogen-bond donors (Lipinski definition) is 3. The SMILES string of the molecule is NCc1ccc(CNC(=O)c2cc(-c3c[nH]c4ccc(Br)cc34)nc3ccc(C#CCN4CCCC4)cc23)cc1. The molecule has 5 aromatic rings. The number of rotatable bonds is 6. The van der Waals surface area contributed by atoms with Crippen LogP contribution in [0.3, 0.4) is 0 Å². The molecule has 2 aromatic heterocycles. The van der Waals surface area contributed by atoms with Gasteiger partial charge in [-0.2, -0.15) is 0 Å². The minimum Gasteiger partial charge on any atom is -0.360 e. The summed E-state index contributed by atoms with van der Waals surface area (Å²) in [6, 6.07) is 21.9. The van der Waals surface area contributed by atoms with Gasteiger partial charge in [0.1, 0.15) is 0 Å². The Hall–Kier alpha value is -3.96. The molecule has 0 atom stereocenters. The largest absolute Gasteiger partial charge is 0.360 e. The van der Waals surface area contributed by atoms with E-state index in [9.17, 15) is 4.79 Å². The maximum absolute atomic E-state index is 13.7. The molecule has 0 saturated carbocycles. The maximum Gasteiger partial charge on any atom is 0.252 e. The number of hydrogen-bond acceptors (Lipinski definition) is 4. The van der Waals surface area contributed by atoms with Gasteiger partial charge in [-0.3, -0.25) is 9.69 Å². The highest BCUT2D eigenvalue weighted by Crippen LogP contribution is 2.32. The number of carbonyl (C=O) groups is 1. The lowest BCUT2D eigenvalue weighted by Crippen LogP contribution is -2.23. The normalized spacial score (nSPS) is 13.4. The van der Waals surface area contributed by atoms with E-state index in [1.165, 1.54) is 12.8 Å². The molecule has 1 aliphatic heterocycles. The van der Waals surface area contributed by atoms with E-state index in [0.29, 0.717) is 18.7 Å². The predicted molar refractivity (Wildman–Crippen MR) is 165 cm³/mol. The van der Waals surface area contributed by atoms with Crippen LogP contribution in [0.15, 0.2) is 77.4 Å². The van der Waals surface area contributed by atoms with Crippen molar-refractivity contribution in [2.75, 3.05) is 19.6 Å². The van der Waals surface area contributed by atoms with Crippen molar-refractivity contribution in [2.24, 2.45) is 5.73 Å². The molecule has 1 saturated heterocycles. The zero-order chi connectivity index (χ0) is 27.5. The van der Waals surface area contributed by atoms with Gasteiger partial charge in [0.05, 0.1) is 23.3 Å². The van der Waals surface area contributed by atoms with Crippen molar-refractivity contribution in [2.45, 2.75) is 25.9 Å². The first-order chi connectivity index (χ1) is 19.6. The van der Waals surface area contributed by atoms with E-state index in [1.807, 2.05) is 66.9 Å². The standard InChI is InChI=1S/C33H30BrN5O/c34-25-10-12-30-27(17-25)29(21-36-30)32-18-28(33(40)37-20-24-7-5-23(19-35)6-8-24)26-16-22(9-11-31(26)38-32)4-3-15-39-13-1-2-14-39/h5-12,16-18,21,36H,1-2,13-15,19-20,35H2,(H,37,40). The molecular weight excluding hydrogens is 562 g/mol. The van der Waals surface area contributed by atoms with Crippen molar-refractivity contribution in [1.82, 2.24) is 20.2 Å². The van der Waals surface area contributed by atoms with Gasteiger partial charge in [-0.15, -0.1) is 0 Å². The molecule has 1 amide bonds. The smallest absolute Gasteiger partial charge is 0.252 e. The van der Waals surface area contributed by atoms with Crippen LogP contribution in [-0.4, -0.2) is 40.4 Å². The van der Waals surface area contributed by atoms with Gasteiger partial charge < -0.3 is 16.0 Å². The third-order valence-corrected chi connectivity index (χ3v) is 7.91. The quantitative estimate of drug-likeness (QED) is 0.212. The number of H-pyrrole nitrogens is 1. The van der Waals surface area contributed by atoms with Gasteiger partial charge in [-0.25, -0.2) is 4.98 Å². The van der Waals surface area contributed by atoms with Crippen molar-refractivity contribution >= 4 is 43.6 Å². The summed E-state index contributed by atoms with van der Waals surface area (Å²) in [4.78, 5) is 24.4. The number of carbonyl (C=O) groups excluding carboxylic acids is 1. The molecule has 0 spiro atoms. The van der Waals surface area contributed by atoms with Crippen LogP contribution < -0.4 is 11.1 Å². The zero-order valence-corrected chi connectivity index (χ0v) is 23.7. The first-order valence-electron chi connectivity index (χ1n) is 13.6. The van der Waals surface area contributed by atoms with Crippen LogP contribution in [0.2, 0.25) is 0 Å². The van der Waals surface area contributed by atoms with E-state index >= 15 is 0 Å². The van der Waals surface area contributed by atoms with Crippen LogP contribution in [0.5, 0.6) is 0 Å². The summed E-state index contributed by atoms with van der Waals surface area (Å²) < 4.78 is 0.984. The van der Waals surface area contributed by atoms with E-state index in [-0.39, 0.29) is 5.91 Å². The first-order valence-corrected chi connectivity index (χ1v) is 14.4. The highest BCUT2D eigenvalue weighted by Gasteiger charge is 2.17. The zero-order valence-electron chi connectivity index (χ0n) is 22.1. The van der Waals surface area contributed by atoms with E-state index < -0.39 is 0 Å². The topological polar surface area (TPSA) is 87.0 Å². The van der Waals surface area contributed by atoms with Crippen LogP contribution >= 0.6 is 15.9 Å². The van der Waals surface area contributed by atoms with Crippen LogP contribution in [0, 0.1) is 11.8 Å². The lowest BCUT2D eigenvalue weighted by Gasteiger charge is -2.12. The van der Waals surface area contributed by atoms with Crippen molar-refractivity contribution in [3.63, 3.8) is 0 Å². The summed E-state index contributed by atoms with van der Waals surface area (Å²) in [6.45, 7) is 3.90. The Bertz CT molecular complexity index is 1760. The Labute approximate surface area is 242 Å². The molecule has 7 heteroatoms. The fourth-order valence-electron chi connectivity index (χ4n) is 5.20. The summed E-state index contributed by atoms with van der Waals surface area (Å²) >= 11 is 3.58. The molecule has 3 heterocycles. The van der Waals surface area contributed by atoms with Crippen LogP contribution in [-0.2, 0) is 13.1 Å². The van der Waals surface area contributed by atoms with Gasteiger partial charge in [0, 0.05) is 51.2 Å². The number of fused-ring (bicyclic) bond motifs is 2. The van der Waals surface area contributed by atoms with Crippen molar-refractivity contribution in [3.05, 3.63) is 99.7 Å². The number of benzene rings is 3. The molecular formula is C33H30BrN5O. The van der Waals surface area contributed by atoms with E-state index in [1.54, 1.807) is 0 Å². The van der Waals surface area contributed by atoms with E-state index in [4.69, 9.17) is 10.7 Å². The number of nitrogens with zero attached hydrogens (tertiary/aromatic N) is 2. The number of aromatic amines is 1. The minimum atomic E-state index is -0.153. The molecule has 0 aliphatic carbocycles. The lowest BCUT2D eigenvalue weighted by molar-refractivity contribution is 0.0952. The molecule has 0 unspecified atom stereocenters. The Morgan fingerprint density at radius 3 is 2.60 bits per heavy atom. The highest BCUT2D eigenvalue weighted by atomic mass is 79.9. The number of amides is 1. The highest BCUT2D eigenvalue weighted by molar-refractivity contribution is 9.10. The van der Waals surface area contributed by atoms with Crippen molar-refractivity contribution in [1.29, 1.82) is 0 Å². The molecule has 0 bridgehead atoms. The Morgan fingerprint density at radius 2 is 1.80 bits per heavy atom. The average Bonchev–Trinajstić information content (AvgIpc) is 3.65. The predicted octanol–water partition coefficient (Wildman–Crippen LogP) is 5.98. The van der Waals surface area contributed by atoms with Crippen molar-refractivity contribution in [3.8, 4) is 23.1 Å². The Kier molecular flexibility index (Phi) is 7.65. The number of nitrogens with one attached hydrogen (secondary N) is 2. The third-order valence-electron chi connectivity index (χ3n) is 7.42. The molecule has 6 rings (SSSR count). The van der Waals surface area contributed by atoms with Crippen LogP contribution in [0.1, 0.15) is 39.9 Å². The Morgan fingerprint density at radius 1 is 1.00 bits per heavy atom. The summed E-state index contributed by atoms with van der Waals surface area (Å²) in [5, 5.41) is 4.93. The fraction of sp³-hybridized carbons (Fsp3) is 0.212. The number of nitrogens with two attached hydrogens (primary N) is 1. The second-order valence-electron chi connectivity index (χ2n) is 10.2. The summed E-state index contributed by atoms with van der Waals surface area (Å²) in [5.74, 6) is 6.46. The molecule has 200 valence electrons. The lowest BCUT2D eigenvalue weighted by atomic mass is 10.0. The Balaban J connectivity index is 1.37. The fourth-order valence-corrected chi connectivity index (χ4v) is 5.56. The molecule has 6 nitrogen and oxygen atoms in total. The van der Waals surface area contributed by atoms with E-state index in [2.05, 4.69) is 49.0 Å². The number of likely N-dealkylation sites (tertiary alicyclic amines) is 1. The van der Waals surface area contributed by atoms with Gasteiger partial charge in [0.15, 0.2) is 0 Å². The number of halogens is 1. The molecule has 1 aliphatic rings. The number of pyridine rings is 1. The van der Waals surface area contributed by atoms with Gasteiger partial charge in [-0.05, 0) is 79.5 Å². The van der Waals surface area contributed by atoms with Crippen LogP contribution in [0.25, 0.3) is 33.1 Å². The third kappa shape index (κ3) is 5.66. The van der Waals surface area contributed by atoms with E-state index in [0.717, 1.165) is 73.9 Å². The summed E-state index contributed by atoms with van der Waals surface area (Å²) in [5.41, 5.74) is 12.7. The van der Waals surface area contributed by atoms with Crippen LogP contribution in [0.4, 0.5) is 0 Å². The molecule has 40 heavy (non-hydrogen) atoms. The van der Waals surface area contributed by atoms with Gasteiger partial charge in [0.25, 0.3) is 5.91 Å². The average molecular weight is 593 g/mol. The summed E-state index contributed by atoms with van der Waals surface area (Å²) in [6.07, 6.45) is 4.44. The second kappa shape index (κ2) is 11.6. The summed E-state index contributed by atoms with van der Waals surface area (Å²) in [7, 11) is 0. The molecule has 1 fully saturated rings. The maximum atomic E-state index is 13.7. The van der Waals surface area contributed by atoms with Gasteiger partial charge >= 0.3 is 0 Å². The minimum absolute atomic E-state index is 0.153. The molecule has 4 N–H and O–H groups in total.